The van der Waals surface area contributed by atoms with Gasteiger partial charge in [-0.15, -0.1) is 0 Å². The van der Waals surface area contributed by atoms with E-state index in [0.29, 0.717) is 16.9 Å². The van der Waals surface area contributed by atoms with E-state index in [1.54, 1.807) is 45.0 Å². The molecule has 0 radical (unpaired) electrons. The lowest BCUT2D eigenvalue weighted by Crippen LogP contribution is -2.42. The smallest absolute Gasteiger partial charge is 0.416 e. The van der Waals surface area contributed by atoms with E-state index in [0.717, 1.165) is 12.1 Å². The van der Waals surface area contributed by atoms with Crippen LogP contribution in [-0.2, 0) is 16.4 Å². The number of hydrogen-bond donors (Lipinski definition) is 1. The zero-order chi connectivity index (χ0) is 20.9. The molecule has 2 rings (SSSR count). The molecule has 2 aromatic carbocycles. The van der Waals surface area contributed by atoms with E-state index in [1.165, 1.54) is 12.1 Å². The maximum absolute atomic E-state index is 12.9. The molecule has 0 aliphatic rings. The Hall–Kier alpha value is -3.01. The van der Waals surface area contributed by atoms with Crippen LogP contribution in [0.15, 0.2) is 48.5 Å². The Kier molecular flexibility index (Phi) is 6.34. The summed E-state index contributed by atoms with van der Waals surface area (Å²) in [4.78, 5) is 12.3. The molecular formula is C21H21F3N2O2. The summed E-state index contributed by atoms with van der Waals surface area (Å²) < 4.78 is 44.3. The topological polar surface area (TPSA) is 62.1 Å². The molecule has 7 heteroatoms. The minimum atomic E-state index is -4.42. The summed E-state index contributed by atoms with van der Waals surface area (Å²) in [6.45, 7) is 5.21. The number of halogens is 3. The molecule has 1 unspecified atom stereocenters. The Labute approximate surface area is 161 Å². The molecular weight excluding hydrogens is 369 g/mol. The van der Waals surface area contributed by atoms with Crippen molar-refractivity contribution in [2.24, 2.45) is 0 Å². The SMILES string of the molecule is CC(Oc1cccc(C#N)c1)C(=O)NCC(C)(C)c1cccc(C(F)(F)F)c1. The highest BCUT2D eigenvalue weighted by atomic mass is 19.4. The number of benzene rings is 2. The van der Waals surface area contributed by atoms with E-state index in [-0.39, 0.29) is 6.54 Å². The van der Waals surface area contributed by atoms with Crippen molar-refractivity contribution in [2.75, 3.05) is 6.54 Å². The van der Waals surface area contributed by atoms with Gasteiger partial charge >= 0.3 is 6.18 Å². The van der Waals surface area contributed by atoms with Crippen LogP contribution in [0, 0.1) is 11.3 Å². The van der Waals surface area contributed by atoms with Gasteiger partial charge < -0.3 is 10.1 Å². The first-order chi connectivity index (χ1) is 13.0. The van der Waals surface area contributed by atoms with Crippen molar-refractivity contribution in [2.45, 2.75) is 38.5 Å². The molecule has 0 saturated heterocycles. The average Bonchev–Trinajstić information content (AvgIpc) is 2.65. The van der Waals surface area contributed by atoms with Crippen molar-refractivity contribution < 1.29 is 22.7 Å². The molecule has 2 aromatic rings. The molecule has 148 valence electrons. The molecule has 1 amide bonds. The number of ether oxygens (including phenoxy) is 1. The molecule has 1 N–H and O–H groups in total. The standard InChI is InChI=1S/C21H21F3N2O2/c1-14(28-18-9-4-6-15(10-18)12-25)19(27)26-13-20(2,3)16-7-5-8-17(11-16)21(22,23)24/h4-11,14H,13H2,1-3H3,(H,26,27). The highest BCUT2D eigenvalue weighted by Gasteiger charge is 2.32. The first-order valence-corrected chi connectivity index (χ1v) is 8.65. The van der Waals surface area contributed by atoms with Gasteiger partial charge in [0.25, 0.3) is 5.91 Å². The van der Waals surface area contributed by atoms with Crippen LogP contribution in [0.5, 0.6) is 5.75 Å². The van der Waals surface area contributed by atoms with E-state index in [2.05, 4.69) is 5.32 Å². The van der Waals surface area contributed by atoms with Crippen molar-refractivity contribution in [3.8, 4) is 11.8 Å². The van der Waals surface area contributed by atoms with Crippen LogP contribution in [0.25, 0.3) is 0 Å². The van der Waals surface area contributed by atoms with Gasteiger partial charge in [-0.05, 0) is 36.8 Å². The molecule has 28 heavy (non-hydrogen) atoms. The summed E-state index contributed by atoms with van der Waals surface area (Å²) in [5.41, 5.74) is -0.552. The van der Waals surface area contributed by atoms with Crippen LogP contribution >= 0.6 is 0 Å². The summed E-state index contributed by atoms with van der Waals surface area (Å²) in [6, 6.07) is 13.5. The Morgan fingerprint density at radius 2 is 1.79 bits per heavy atom. The molecule has 1 atom stereocenters. The number of nitrogens with one attached hydrogen (secondary N) is 1. The molecule has 0 aliphatic heterocycles. The molecule has 0 aliphatic carbocycles. The number of carbonyl (C=O) groups is 1. The Morgan fingerprint density at radius 1 is 1.14 bits per heavy atom. The fourth-order valence-electron chi connectivity index (χ4n) is 2.57. The van der Waals surface area contributed by atoms with E-state index in [9.17, 15) is 18.0 Å². The number of carbonyl (C=O) groups excluding carboxylic acids is 1. The Bertz CT molecular complexity index is 886. The number of rotatable bonds is 6. The number of amides is 1. The fourth-order valence-corrected chi connectivity index (χ4v) is 2.57. The molecule has 0 heterocycles. The fraction of sp³-hybridized carbons (Fsp3) is 0.333. The zero-order valence-electron chi connectivity index (χ0n) is 15.8. The van der Waals surface area contributed by atoms with Crippen LogP contribution in [0.3, 0.4) is 0 Å². The maximum atomic E-state index is 12.9. The normalized spacial score (nSPS) is 12.8. The van der Waals surface area contributed by atoms with E-state index in [4.69, 9.17) is 10.00 Å². The highest BCUT2D eigenvalue weighted by Crippen LogP contribution is 2.32. The summed E-state index contributed by atoms with van der Waals surface area (Å²) in [7, 11) is 0. The third kappa shape index (κ3) is 5.49. The average molecular weight is 390 g/mol. The van der Waals surface area contributed by atoms with Gasteiger partial charge in [-0.2, -0.15) is 18.4 Å². The van der Waals surface area contributed by atoms with Crippen molar-refractivity contribution in [3.63, 3.8) is 0 Å². The first-order valence-electron chi connectivity index (χ1n) is 8.65. The summed E-state index contributed by atoms with van der Waals surface area (Å²) in [6.07, 6.45) is -5.25. The zero-order valence-corrected chi connectivity index (χ0v) is 15.8. The van der Waals surface area contributed by atoms with Gasteiger partial charge in [0.15, 0.2) is 6.10 Å². The Morgan fingerprint density at radius 3 is 2.43 bits per heavy atom. The van der Waals surface area contributed by atoms with Crippen LogP contribution in [0.1, 0.15) is 37.5 Å². The van der Waals surface area contributed by atoms with Crippen molar-refractivity contribution in [3.05, 3.63) is 65.2 Å². The molecule has 0 bridgehead atoms. The molecule has 0 saturated carbocycles. The number of nitrogens with zero attached hydrogens (tertiary/aromatic N) is 1. The van der Waals surface area contributed by atoms with Crippen molar-refractivity contribution >= 4 is 5.91 Å². The minimum Gasteiger partial charge on any atom is -0.481 e. The summed E-state index contributed by atoms with van der Waals surface area (Å²) in [5, 5.41) is 11.6. The maximum Gasteiger partial charge on any atom is 0.416 e. The molecule has 0 spiro atoms. The predicted molar refractivity (Wildman–Crippen MR) is 98.7 cm³/mol. The lowest BCUT2D eigenvalue weighted by atomic mass is 9.83. The van der Waals surface area contributed by atoms with Crippen molar-refractivity contribution in [1.29, 1.82) is 5.26 Å². The van der Waals surface area contributed by atoms with Gasteiger partial charge in [0.1, 0.15) is 5.75 Å². The molecule has 0 aromatic heterocycles. The minimum absolute atomic E-state index is 0.138. The largest absolute Gasteiger partial charge is 0.481 e. The van der Waals surface area contributed by atoms with Crippen molar-refractivity contribution in [1.82, 2.24) is 5.32 Å². The van der Waals surface area contributed by atoms with E-state index in [1.807, 2.05) is 6.07 Å². The van der Waals surface area contributed by atoms with Gasteiger partial charge in [0, 0.05) is 12.0 Å². The quantitative estimate of drug-likeness (QED) is 0.793. The molecule has 0 fully saturated rings. The van der Waals surface area contributed by atoms with Gasteiger partial charge in [-0.25, -0.2) is 0 Å². The van der Waals surface area contributed by atoms with Crippen LogP contribution in [0.4, 0.5) is 13.2 Å². The third-order valence-corrected chi connectivity index (χ3v) is 4.32. The summed E-state index contributed by atoms with van der Waals surface area (Å²) >= 11 is 0. The number of hydrogen-bond acceptors (Lipinski definition) is 3. The van der Waals surface area contributed by atoms with Gasteiger partial charge in [-0.1, -0.05) is 38.1 Å². The van der Waals surface area contributed by atoms with Crippen LogP contribution in [-0.4, -0.2) is 18.6 Å². The predicted octanol–water partition coefficient (Wildman–Crippen LogP) is 4.44. The van der Waals surface area contributed by atoms with Gasteiger partial charge in [-0.3, -0.25) is 4.79 Å². The molecule has 4 nitrogen and oxygen atoms in total. The number of alkyl halides is 3. The second-order valence-corrected chi connectivity index (χ2v) is 7.08. The third-order valence-electron chi connectivity index (χ3n) is 4.32. The van der Waals surface area contributed by atoms with Gasteiger partial charge in [0.2, 0.25) is 0 Å². The van der Waals surface area contributed by atoms with Crippen LogP contribution < -0.4 is 10.1 Å². The van der Waals surface area contributed by atoms with Crippen LogP contribution in [0.2, 0.25) is 0 Å². The lowest BCUT2D eigenvalue weighted by Gasteiger charge is -2.27. The van der Waals surface area contributed by atoms with E-state index >= 15 is 0 Å². The Balaban J connectivity index is 2.01. The number of nitriles is 1. The van der Waals surface area contributed by atoms with E-state index < -0.39 is 29.2 Å². The lowest BCUT2D eigenvalue weighted by molar-refractivity contribution is -0.137. The van der Waals surface area contributed by atoms with Gasteiger partial charge in [0.05, 0.1) is 17.2 Å². The second-order valence-electron chi connectivity index (χ2n) is 7.08. The first kappa shape index (κ1) is 21.3. The summed E-state index contributed by atoms with van der Waals surface area (Å²) in [5.74, 6) is -0.0127. The second kappa shape index (κ2) is 8.34. The monoisotopic (exact) mass is 390 g/mol. The highest BCUT2D eigenvalue weighted by molar-refractivity contribution is 5.80.